The maximum absolute atomic E-state index is 11.0. The quantitative estimate of drug-likeness (QED) is 0.512. The van der Waals surface area contributed by atoms with Crippen LogP contribution in [-0.2, 0) is 22.6 Å². The number of likely N-dealkylation sites (N-methyl/N-ethyl adjacent to an activating group) is 1. The van der Waals surface area contributed by atoms with Gasteiger partial charge in [0.1, 0.15) is 6.61 Å². The van der Waals surface area contributed by atoms with E-state index < -0.39 is 0 Å². The summed E-state index contributed by atoms with van der Waals surface area (Å²) in [7, 11) is 2.18. The van der Waals surface area contributed by atoms with Gasteiger partial charge in [-0.25, -0.2) is 0 Å². The predicted molar refractivity (Wildman–Crippen MR) is 115 cm³/mol. The second-order valence-corrected chi connectivity index (χ2v) is 7.74. The topological polar surface area (TPSA) is 62.6 Å². The van der Waals surface area contributed by atoms with Gasteiger partial charge in [-0.3, -0.25) is 14.4 Å². The van der Waals surface area contributed by atoms with Crippen LogP contribution in [0.3, 0.4) is 0 Å². The molecule has 0 bridgehead atoms. The van der Waals surface area contributed by atoms with E-state index in [4.69, 9.17) is 9.84 Å². The number of esters is 1. The van der Waals surface area contributed by atoms with Crippen LogP contribution in [0, 0.1) is 6.92 Å². The summed E-state index contributed by atoms with van der Waals surface area (Å²) >= 11 is 0. The number of rotatable bonds is 9. The van der Waals surface area contributed by atoms with Crippen LogP contribution in [0.15, 0.2) is 30.5 Å². The largest absolute Gasteiger partial charge is 0.464 e. The Morgan fingerprint density at radius 3 is 2.66 bits per heavy atom. The van der Waals surface area contributed by atoms with Crippen LogP contribution >= 0.6 is 0 Å². The highest BCUT2D eigenvalue weighted by Crippen LogP contribution is 2.25. The normalized spacial score (nSPS) is 15.6. The lowest BCUT2D eigenvalue weighted by molar-refractivity contribution is -0.141. The van der Waals surface area contributed by atoms with Gasteiger partial charge in [0.2, 0.25) is 0 Å². The van der Waals surface area contributed by atoms with Crippen LogP contribution in [-0.4, -0.2) is 78.5 Å². The van der Waals surface area contributed by atoms with Gasteiger partial charge in [0.25, 0.3) is 0 Å². The molecule has 1 aliphatic rings. The summed E-state index contributed by atoms with van der Waals surface area (Å²) in [6.07, 6.45) is 2.06. The van der Waals surface area contributed by atoms with Crippen molar-refractivity contribution in [3.63, 3.8) is 0 Å². The van der Waals surface area contributed by atoms with Gasteiger partial charge in [0.15, 0.2) is 0 Å². The van der Waals surface area contributed by atoms with Crippen LogP contribution in [0.25, 0.3) is 11.3 Å². The molecule has 0 radical (unpaired) electrons. The highest BCUT2D eigenvalue weighted by atomic mass is 16.5. The van der Waals surface area contributed by atoms with Crippen LogP contribution in [0.5, 0.6) is 0 Å². The molecular weight excluding hydrogens is 366 g/mol. The van der Waals surface area contributed by atoms with Gasteiger partial charge in [0, 0.05) is 70.1 Å². The number of hydrogen-bond acceptors (Lipinski definition) is 6. The second-order valence-electron chi connectivity index (χ2n) is 7.74. The molecule has 7 nitrogen and oxygen atoms in total. The van der Waals surface area contributed by atoms with E-state index >= 15 is 0 Å². The van der Waals surface area contributed by atoms with Crippen LogP contribution < -0.4 is 5.32 Å². The maximum atomic E-state index is 11.0. The smallest absolute Gasteiger partial charge is 0.302 e. The van der Waals surface area contributed by atoms with Gasteiger partial charge in [-0.05, 0) is 19.5 Å². The van der Waals surface area contributed by atoms with Gasteiger partial charge in [-0.1, -0.05) is 24.3 Å². The van der Waals surface area contributed by atoms with Crippen molar-refractivity contribution in [2.75, 3.05) is 52.9 Å². The van der Waals surface area contributed by atoms with Crippen LogP contribution in [0.4, 0.5) is 0 Å². The average Bonchev–Trinajstić information content (AvgIpc) is 3.09. The summed E-state index contributed by atoms with van der Waals surface area (Å²) in [6, 6.07) is 8.31. The number of aromatic nitrogens is 2. The molecule has 0 amide bonds. The van der Waals surface area contributed by atoms with Crippen LogP contribution in [0.1, 0.15) is 18.1 Å². The molecule has 0 spiro atoms. The molecule has 0 atom stereocenters. The van der Waals surface area contributed by atoms with E-state index in [1.54, 1.807) is 0 Å². The van der Waals surface area contributed by atoms with Crippen molar-refractivity contribution in [2.45, 2.75) is 26.9 Å². The average molecular weight is 400 g/mol. The Balaban J connectivity index is 1.61. The standard InChI is InChI=1S/C22H33N5O2/c1-18-6-4-5-7-21(18)22-20(17-27(24-22)14-15-29-19(2)28)16-23-8-9-26-12-10-25(3)11-13-26/h4-7,17,23H,8-16H2,1-3H3. The van der Waals surface area contributed by atoms with Crippen LogP contribution in [0.2, 0.25) is 0 Å². The summed E-state index contributed by atoms with van der Waals surface area (Å²) in [5, 5.41) is 8.37. The summed E-state index contributed by atoms with van der Waals surface area (Å²) in [5.41, 5.74) is 4.52. The molecule has 1 fully saturated rings. The monoisotopic (exact) mass is 399 g/mol. The first-order valence-corrected chi connectivity index (χ1v) is 10.4. The Hall–Kier alpha value is -2.22. The van der Waals surface area contributed by atoms with Crippen molar-refractivity contribution >= 4 is 5.97 Å². The first-order chi connectivity index (χ1) is 14.0. The van der Waals surface area contributed by atoms with E-state index in [0.29, 0.717) is 13.2 Å². The van der Waals surface area contributed by atoms with Gasteiger partial charge >= 0.3 is 5.97 Å². The predicted octanol–water partition coefficient (Wildman–Crippen LogP) is 1.76. The molecule has 29 heavy (non-hydrogen) atoms. The number of nitrogens with zero attached hydrogens (tertiary/aromatic N) is 4. The fraction of sp³-hybridized carbons (Fsp3) is 0.545. The number of nitrogens with one attached hydrogen (secondary N) is 1. The minimum atomic E-state index is -0.262. The molecular formula is C22H33N5O2. The number of carbonyl (C=O) groups excluding carboxylic acids is 1. The maximum Gasteiger partial charge on any atom is 0.302 e. The Morgan fingerprint density at radius 2 is 1.93 bits per heavy atom. The number of carbonyl (C=O) groups is 1. The Morgan fingerprint density at radius 1 is 1.17 bits per heavy atom. The zero-order valence-electron chi connectivity index (χ0n) is 17.9. The number of piperazine rings is 1. The van der Waals surface area contributed by atoms with Crippen molar-refractivity contribution in [1.82, 2.24) is 24.9 Å². The minimum absolute atomic E-state index is 0.262. The summed E-state index contributed by atoms with van der Waals surface area (Å²) in [4.78, 5) is 15.9. The number of ether oxygens (including phenoxy) is 1. The summed E-state index contributed by atoms with van der Waals surface area (Å²) in [5.74, 6) is -0.262. The molecule has 0 saturated carbocycles. The molecule has 1 aromatic carbocycles. The molecule has 1 N–H and O–H groups in total. The lowest BCUT2D eigenvalue weighted by atomic mass is 10.0. The fourth-order valence-corrected chi connectivity index (χ4v) is 3.59. The summed E-state index contributed by atoms with van der Waals surface area (Å²) < 4.78 is 6.95. The highest BCUT2D eigenvalue weighted by molar-refractivity contribution is 5.66. The minimum Gasteiger partial charge on any atom is -0.464 e. The third-order valence-electron chi connectivity index (χ3n) is 5.38. The molecule has 0 aliphatic carbocycles. The van der Waals surface area contributed by atoms with Crippen molar-refractivity contribution < 1.29 is 9.53 Å². The molecule has 2 aromatic rings. The van der Waals surface area contributed by atoms with Crippen molar-refractivity contribution in [1.29, 1.82) is 0 Å². The van der Waals surface area contributed by atoms with Gasteiger partial charge in [0.05, 0.1) is 12.2 Å². The SMILES string of the molecule is CC(=O)OCCn1cc(CNCCN2CCN(C)CC2)c(-c2ccccc2C)n1. The highest BCUT2D eigenvalue weighted by Gasteiger charge is 2.15. The van der Waals surface area contributed by atoms with Gasteiger partial charge in [-0.2, -0.15) is 5.10 Å². The van der Waals surface area contributed by atoms with E-state index in [2.05, 4.69) is 47.4 Å². The Labute approximate surface area is 173 Å². The molecule has 1 aliphatic heterocycles. The van der Waals surface area contributed by atoms with E-state index in [9.17, 15) is 4.79 Å². The molecule has 1 saturated heterocycles. The second kappa shape index (κ2) is 10.5. The first kappa shape index (κ1) is 21.5. The van der Waals surface area contributed by atoms with E-state index in [0.717, 1.165) is 57.1 Å². The van der Waals surface area contributed by atoms with Crippen molar-refractivity contribution in [3.8, 4) is 11.3 Å². The fourth-order valence-electron chi connectivity index (χ4n) is 3.59. The zero-order chi connectivity index (χ0) is 20.6. The molecule has 2 heterocycles. The van der Waals surface area contributed by atoms with E-state index in [1.807, 2.05) is 16.8 Å². The zero-order valence-corrected chi connectivity index (χ0v) is 17.9. The number of benzene rings is 1. The van der Waals surface area contributed by atoms with Gasteiger partial charge in [-0.15, -0.1) is 0 Å². The first-order valence-electron chi connectivity index (χ1n) is 10.4. The van der Waals surface area contributed by atoms with E-state index in [1.165, 1.54) is 18.1 Å². The van der Waals surface area contributed by atoms with Crippen molar-refractivity contribution in [2.24, 2.45) is 0 Å². The molecule has 3 rings (SSSR count). The molecule has 1 aromatic heterocycles. The molecule has 7 heteroatoms. The summed E-state index contributed by atoms with van der Waals surface area (Å²) in [6.45, 7) is 11.8. The third kappa shape index (κ3) is 6.39. The lowest BCUT2D eigenvalue weighted by Gasteiger charge is -2.32. The third-order valence-corrected chi connectivity index (χ3v) is 5.38. The molecule has 158 valence electrons. The Kier molecular flexibility index (Phi) is 7.80. The Bertz CT molecular complexity index is 796. The number of hydrogen-bond donors (Lipinski definition) is 1. The van der Waals surface area contributed by atoms with Gasteiger partial charge < -0.3 is 15.0 Å². The number of aryl methyl sites for hydroxylation is 1. The van der Waals surface area contributed by atoms with Crippen molar-refractivity contribution in [3.05, 3.63) is 41.6 Å². The lowest BCUT2D eigenvalue weighted by Crippen LogP contribution is -2.46. The molecule has 0 unspecified atom stereocenters. The van der Waals surface area contributed by atoms with E-state index in [-0.39, 0.29) is 5.97 Å².